The van der Waals surface area contributed by atoms with Gasteiger partial charge < -0.3 is 0 Å². The first-order valence-electron chi connectivity index (χ1n) is 11.1. The van der Waals surface area contributed by atoms with E-state index in [0.717, 1.165) is 38.5 Å². The van der Waals surface area contributed by atoms with Crippen molar-refractivity contribution in [2.75, 3.05) is 0 Å². The van der Waals surface area contributed by atoms with Crippen LogP contribution >= 0.6 is 0 Å². The van der Waals surface area contributed by atoms with Crippen molar-refractivity contribution in [2.45, 2.75) is 60.3 Å². The first-order valence-corrected chi connectivity index (χ1v) is 11.1. The molecule has 0 spiro atoms. The van der Waals surface area contributed by atoms with Gasteiger partial charge in [-0.3, -0.25) is 0 Å². The molecule has 4 saturated carbocycles. The van der Waals surface area contributed by atoms with E-state index < -0.39 is 5.54 Å². The van der Waals surface area contributed by atoms with Gasteiger partial charge in [0.2, 0.25) is 0 Å². The van der Waals surface area contributed by atoms with Crippen LogP contribution in [0.3, 0.4) is 0 Å². The van der Waals surface area contributed by atoms with Crippen LogP contribution in [0, 0.1) is 4.91 Å². The van der Waals surface area contributed by atoms with E-state index in [4.69, 9.17) is 0 Å². The zero-order valence-corrected chi connectivity index (χ0v) is 17.3. The molecule has 4 bridgehead atoms. The van der Waals surface area contributed by atoms with Gasteiger partial charge >= 0.3 is 0 Å². The molecule has 0 radical (unpaired) electrons. The summed E-state index contributed by atoms with van der Waals surface area (Å²) < 4.78 is 0. The molecule has 7 rings (SSSR count). The van der Waals surface area contributed by atoms with Crippen LogP contribution in [0.25, 0.3) is 0 Å². The highest BCUT2D eigenvalue weighted by molar-refractivity contribution is 5.46. The van der Waals surface area contributed by atoms with E-state index in [1.54, 1.807) is 0 Å². The second-order valence-corrected chi connectivity index (χ2v) is 10.3. The predicted molar refractivity (Wildman–Crippen MR) is 121 cm³/mol. The SMILES string of the molecule is O=NC12CC3(c4ccccc4)CC(c4ccccc4)(C1)CC(c1ccccc1)(C2)C3. The van der Waals surface area contributed by atoms with Gasteiger partial charge in [-0.25, -0.2) is 0 Å². The van der Waals surface area contributed by atoms with Gasteiger partial charge in [-0.2, -0.15) is 4.91 Å². The topological polar surface area (TPSA) is 29.4 Å². The van der Waals surface area contributed by atoms with Crippen molar-refractivity contribution in [2.24, 2.45) is 5.18 Å². The second-order valence-electron chi connectivity index (χ2n) is 10.3. The summed E-state index contributed by atoms with van der Waals surface area (Å²) in [5.74, 6) is 0. The molecule has 0 amide bonds. The third-order valence-electron chi connectivity index (χ3n) is 8.38. The lowest BCUT2D eigenvalue weighted by Gasteiger charge is -2.69. The molecule has 2 nitrogen and oxygen atoms in total. The molecular formula is C28H27NO. The number of benzene rings is 3. The lowest BCUT2D eigenvalue weighted by molar-refractivity contribution is -0.0635. The van der Waals surface area contributed by atoms with Crippen molar-refractivity contribution >= 4 is 0 Å². The average molecular weight is 394 g/mol. The highest BCUT2D eigenvalue weighted by atomic mass is 16.3. The van der Waals surface area contributed by atoms with Crippen LogP contribution in [0.1, 0.15) is 55.2 Å². The largest absolute Gasteiger partial charge is 0.150 e. The minimum atomic E-state index is -0.490. The van der Waals surface area contributed by atoms with Crippen LogP contribution in [-0.2, 0) is 16.2 Å². The summed E-state index contributed by atoms with van der Waals surface area (Å²) >= 11 is 0. The van der Waals surface area contributed by atoms with E-state index in [0.29, 0.717) is 0 Å². The van der Waals surface area contributed by atoms with Crippen LogP contribution in [0.15, 0.2) is 96.2 Å². The predicted octanol–water partition coefficient (Wildman–Crippen LogP) is 6.69. The van der Waals surface area contributed by atoms with Gasteiger partial charge in [0.15, 0.2) is 0 Å². The molecule has 0 unspecified atom stereocenters. The molecule has 0 N–H and O–H groups in total. The average Bonchev–Trinajstić information content (AvgIpc) is 2.80. The zero-order valence-electron chi connectivity index (χ0n) is 17.3. The van der Waals surface area contributed by atoms with Crippen molar-refractivity contribution in [3.8, 4) is 0 Å². The Labute approximate surface area is 178 Å². The summed E-state index contributed by atoms with van der Waals surface area (Å²) in [4.78, 5) is 12.5. The number of rotatable bonds is 4. The van der Waals surface area contributed by atoms with Crippen molar-refractivity contribution in [3.05, 3.63) is 113 Å². The molecule has 0 heterocycles. The molecular weight excluding hydrogens is 366 g/mol. The third kappa shape index (κ3) is 2.43. The van der Waals surface area contributed by atoms with E-state index in [9.17, 15) is 4.91 Å². The van der Waals surface area contributed by atoms with E-state index in [-0.39, 0.29) is 16.2 Å². The van der Waals surface area contributed by atoms with Crippen LogP contribution in [-0.4, -0.2) is 5.54 Å². The molecule has 150 valence electrons. The summed E-state index contributed by atoms with van der Waals surface area (Å²) in [6, 6.07) is 32.9. The highest BCUT2D eigenvalue weighted by Crippen LogP contribution is 2.72. The van der Waals surface area contributed by atoms with E-state index in [1.165, 1.54) is 16.7 Å². The van der Waals surface area contributed by atoms with E-state index >= 15 is 0 Å². The summed E-state index contributed by atoms with van der Waals surface area (Å²) in [6.07, 6.45) is 5.99. The number of nitrogens with zero attached hydrogens (tertiary/aromatic N) is 1. The van der Waals surface area contributed by atoms with Crippen molar-refractivity contribution in [1.29, 1.82) is 0 Å². The molecule has 30 heavy (non-hydrogen) atoms. The van der Waals surface area contributed by atoms with Crippen molar-refractivity contribution in [3.63, 3.8) is 0 Å². The summed E-state index contributed by atoms with van der Waals surface area (Å²) in [6.45, 7) is 0. The maximum absolute atomic E-state index is 12.5. The molecule has 0 saturated heterocycles. The fraction of sp³-hybridized carbons (Fsp3) is 0.357. The second kappa shape index (κ2) is 6.14. The Morgan fingerprint density at radius 3 is 1.03 bits per heavy atom. The van der Waals surface area contributed by atoms with Gasteiger partial charge in [-0.1, -0.05) is 96.2 Å². The summed E-state index contributed by atoms with van der Waals surface area (Å²) in [7, 11) is 0. The molecule has 3 aromatic rings. The fourth-order valence-electron chi connectivity index (χ4n) is 7.97. The lowest BCUT2D eigenvalue weighted by Crippen LogP contribution is -2.67. The Hall–Kier alpha value is -2.74. The Balaban J connectivity index is 1.62. The quantitative estimate of drug-likeness (QED) is 0.454. The van der Waals surface area contributed by atoms with Crippen molar-refractivity contribution < 1.29 is 0 Å². The molecule has 2 heteroatoms. The fourth-order valence-corrected chi connectivity index (χ4v) is 7.97. The van der Waals surface area contributed by atoms with E-state index in [2.05, 4.69) is 96.2 Å². The van der Waals surface area contributed by atoms with Gasteiger partial charge in [0.05, 0.1) is 0 Å². The van der Waals surface area contributed by atoms with Gasteiger partial charge in [0.1, 0.15) is 5.54 Å². The van der Waals surface area contributed by atoms with Crippen LogP contribution in [0.5, 0.6) is 0 Å². The maximum Gasteiger partial charge on any atom is 0.105 e. The Morgan fingerprint density at radius 1 is 0.467 bits per heavy atom. The monoisotopic (exact) mass is 393 g/mol. The van der Waals surface area contributed by atoms with Gasteiger partial charge in [-0.05, 0) is 71.5 Å². The lowest BCUT2D eigenvalue weighted by atomic mass is 9.35. The molecule has 3 aromatic carbocycles. The van der Waals surface area contributed by atoms with Gasteiger partial charge in [-0.15, -0.1) is 0 Å². The Bertz CT molecular complexity index is 933. The van der Waals surface area contributed by atoms with Crippen LogP contribution < -0.4 is 0 Å². The Kier molecular flexibility index (Phi) is 3.69. The minimum absolute atomic E-state index is 0.00436. The summed E-state index contributed by atoms with van der Waals surface area (Å²) in [5.41, 5.74) is 3.66. The van der Waals surface area contributed by atoms with Crippen LogP contribution in [0.4, 0.5) is 0 Å². The van der Waals surface area contributed by atoms with Crippen LogP contribution in [0.2, 0.25) is 0 Å². The smallest absolute Gasteiger partial charge is 0.105 e. The standard InChI is InChI=1S/C28H27NO/c30-29-28-19-25(22-10-4-1-5-11-22)16-26(20-28,23-12-6-2-7-13-23)18-27(17-25,21-28)24-14-8-3-9-15-24/h1-15H,16-21H2. The first kappa shape index (κ1) is 18.1. The van der Waals surface area contributed by atoms with Gasteiger partial charge in [0, 0.05) is 0 Å². The van der Waals surface area contributed by atoms with Crippen molar-refractivity contribution in [1.82, 2.24) is 0 Å². The van der Waals surface area contributed by atoms with Gasteiger partial charge in [0.25, 0.3) is 0 Å². The number of nitroso groups, excluding NO2 is 1. The first-order chi connectivity index (χ1) is 14.6. The minimum Gasteiger partial charge on any atom is -0.150 e. The number of hydrogen-bond acceptors (Lipinski definition) is 2. The normalized spacial score (nSPS) is 36.5. The Morgan fingerprint density at radius 2 is 0.767 bits per heavy atom. The van der Waals surface area contributed by atoms with E-state index in [1.807, 2.05) is 0 Å². The molecule has 4 aliphatic carbocycles. The summed E-state index contributed by atoms with van der Waals surface area (Å²) in [5, 5.41) is 3.94. The molecule has 0 aromatic heterocycles. The molecule has 4 fully saturated rings. The molecule has 0 aliphatic heterocycles. The molecule has 0 atom stereocenters. The number of hydrogen-bond donors (Lipinski definition) is 0. The maximum atomic E-state index is 12.5. The highest BCUT2D eigenvalue weighted by Gasteiger charge is 2.70. The zero-order chi connectivity index (χ0) is 20.3. The third-order valence-corrected chi connectivity index (χ3v) is 8.38. The molecule has 4 aliphatic rings.